The van der Waals surface area contributed by atoms with Crippen LogP contribution in [-0.2, 0) is 14.8 Å². The highest BCUT2D eigenvalue weighted by atomic mass is 32.2. The molecular formula is C20H23FN4O4S. The number of sulfonamides is 1. The van der Waals surface area contributed by atoms with E-state index >= 15 is 0 Å². The predicted molar refractivity (Wildman–Crippen MR) is 110 cm³/mol. The van der Waals surface area contributed by atoms with Gasteiger partial charge in [-0.2, -0.15) is 4.72 Å². The minimum absolute atomic E-state index is 0.0210. The van der Waals surface area contributed by atoms with Gasteiger partial charge in [0.15, 0.2) is 5.82 Å². The summed E-state index contributed by atoms with van der Waals surface area (Å²) in [5, 5.41) is 12.6. The van der Waals surface area contributed by atoms with E-state index in [0.29, 0.717) is 11.3 Å². The van der Waals surface area contributed by atoms with Crippen LogP contribution in [0.4, 0.5) is 4.39 Å². The monoisotopic (exact) mass is 434 g/mol. The van der Waals surface area contributed by atoms with Crippen LogP contribution in [0, 0.1) is 12.7 Å². The molecule has 8 nitrogen and oxygen atoms in total. The second kappa shape index (κ2) is 8.50. The van der Waals surface area contributed by atoms with Crippen LogP contribution in [0.1, 0.15) is 31.3 Å². The van der Waals surface area contributed by atoms with E-state index in [1.807, 2.05) is 6.92 Å². The van der Waals surface area contributed by atoms with Gasteiger partial charge in [0.25, 0.3) is 0 Å². The number of halogens is 1. The number of benzene rings is 2. The third kappa shape index (κ3) is 4.66. The van der Waals surface area contributed by atoms with E-state index in [9.17, 15) is 22.7 Å². The summed E-state index contributed by atoms with van der Waals surface area (Å²) in [7, 11) is -4.04. The van der Waals surface area contributed by atoms with Crippen molar-refractivity contribution >= 4 is 27.0 Å². The fraction of sp³-hybridized carbons (Fsp3) is 0.300. The van der Waals surface area contributed by atoms with Crippen molar-refractivity contribution in [3.8, 4) is 0 Å². The molecule has 0 saturated carbocycles. The molecule has 0 fully saturated rings. The summed E-state index contributed by atoms with van der Waals surface area (Å²) in [6.07, 6.45) is -1.30. The van der Waals surface area contributed by atoms with Gasteiger partial charge in [-0.1, -0.05) is 23.8 Å². The van der Waals surface area contributed by atoms with E-state index in [4.69, 9.17) is 0 Å². The number of para-hydroxylation sites is 1. The van der Waals surface area contributed by atoms with Crippen LogP contribution in [-0.4, -0.2) is 41.5 Å². The Morgan fingerprint density at radius 1 is 1.17 bits per heavy atom. The fourth-order valence-electron chi connectivity index (χ4n) is 2.92. The molecule has 30 heavy (non-hydrogen) atoms. The van der Waals surface area contributed by atoms with Crippen molar-refractivity contribution in [3.63, 3.8) is 0 Å². The summed E-state index contributed by atoms with van der Waals surface area (Å²) in [4.78, 5) is 19.8. The Balaban J connectivity index is 1.77. The zero-order valence-electron chi connectivity index (χ0n) is 16.7. The lowest BCUT2D eigenvalue weighted by molar-refractivity contribution is -0.125. The van der Waals surface area contributed by atoms with Gasteiger partial charge >= 0.3 is 0 Å². The molecule has 1 unspecified atom stereocenters. The molecule has 0 aliphatic carbocycles. The SMILES string of the molecule is Cc1ccc(S(=O)(=O)NC(C(=O)N[C@@H](C)c2nc3c(F)cccc3[nH]2)[C@@H](C)O)cc1. The summed E-state index contributed by atoms with van der Waals surface area (Å²) < 4.78 is 41.3. The molecule has 1 amide bonds. The average Bonchev–Trinajstić information content (AvgIpc) is 3.12. The van der Waals surface area contributed by atoms with Crippen LogP contribution >= 0.6 is 0 Å². The number of fused-ring (bicyclic) bond motifs is 1. The maximum absolute atomic E-state index is 13.9. The van der Waals surface area contributed by atoms with Crippen molar-refractivity contribution in [2.45, 2.75) is 43.9 Å². The Hall–Kier alpha value is -2.82. The zero-order valence-corrected chi connectivity index (χ0v) is 17.5. The largest absolute Gasteiger partial charge is 0.391 e. The summed E-state index contributed by atoms with van der Waals surface area (Å²) in [5.74, 6) is -0.940. The molecule has 2 aromatic carbocycles. The normalized spacial score (nSPS) is 15.0. The van der Waals surface area contributed by atoms with Gasteiger partial charge in [-0.25, -0.2) is 17.8 Å². The second-order valence-electron chi connectivity index (χ2n) is 7.14. The minimum atomic E-state index is -4.04. The number of rotatable bonds is 7. The maximum Gasteiger partial charge on any atom is 0.241 e. The summed E-state index contributed by atoms with van der Waals surface area (Å²) >= 11 is 0. The van der Waals surface area contributed by atoms with Crippen LogP contribution < -0.4 is 10.0 Å². The number of aliphatic hydroxyl groups excluding tert-OH is 1. The highest BCUT2D eigenvalue weighted by Gasteiger charge is 2.31. The smallest absolute Gasteiger partial charge is 0.241 e. The van der Waals surface area contributed by atoms with Gasteiger partial charge in [0, 0.05) is 0 Å². The van der Waals surface area contributed by atoms with Crippen molar-refractivity contribution in [2.75, 3.05) is 0 Å². The minimum Gasteiger partial charge on any atom is -0.391 e. The second-order valence-corrected chi connectivity index (χ2v) is 8.85. The number of amides is 1. The molecule has 1 heterocycles. The number of nitrogens with one attached hydrogen (secondary N) is 3. The lowest BCUT2D eigenvalue weighted by atomic mass is 10.1. The lowest BCUT2D eigenvalue weighted by Crippen LogP contribution is -2.52. The number of H-pyrrole nitrogens is 1. The average molecular weight is 434 g/mol. The van der Waals surface area contributed by atoms with E-state index in [1.165, 1.54) is 31.2 Å². The van der Waals surface area contributed by atoms with Crippen molar-refractivity contribution in [2.24, 2.45) is 0 Å². The highest BCUT2D eigenvalue weighted by Crippen LogP contribution is 2.19. The van der Waals surface area contributed by atoms with Gasteiger partial charge in [-0.3, -0.25) is 4.79 Å². The molecule has 0 aliphatic heterocycles. The Kier molecular flexibility index (Phi) is 6.20. The van der Waals surface area contributed by atoms with E-state index < -0.39 is 39.9 Å². The molecule has 1 aromatic heterocycles. The molecule has 4 N–H and O–H groups in total. The fourth-order valence-corrected chi connectivity index (χ4v) is 4.19. The van der Waals surface area contributed by atoms with Gasteiger partial charge in [-0.05, 0) is 45.0 Å². The maximum atomic E-state index is 13.9. The molecule has 3 aromatic rings. The van der Waals surface area contributed by atoms with Crippen LogP contribution in [0.2, 0.25) is 0 Å². The number of imidazole rings is 1. The molecule has 3 rings (SSSR count). The molecule has 160 valence electrons. The van der Waals surface area contributed by atoms with Gasteiger partial charge < -0.3 is 15.4 Å². The number of carbonyl (C=O) groups excluding carboxylic acids is 1. The molecular weight excluding hydrogens is 411 g/mol. The third-order valence-electron chi connectivity index (χ3n) is 4.63. The van der Waals surface area contributed by atoms with Crippen molar-refractivity contribution < 1.29 is 22.7 Å². The zero-order chi connectivity index (χ0) is 22.1. The molecule has 10 heteroatoms. The first-order valence-corrected chi connectivity index (χ1v) is 10.8. The number of aliphatic hydroxyl groups is 1. The summed E-state index contributed by atoms with van der Waals surface area (Å²) in [5.41, 5.74) is 1.49. The number of aromatic amines is 1. The molecule has 3 atom stereocenters. The Morgan fingerprint density at radius 3 is 2.43 bits per heavy atom. The summed E-state index contributed by atoms with van der Waals surface area (Å²) in [6.45, 7) is 4.74. The number of hydrogen-bond donors (Lipinski definition) is 4. The van der Waals surface area contributed by atoms with Gasteiger partial charge in [0.05, 0.1) is 22.6 Å². The van der Waals surface area contributed by atoms with Crippen molar-refractivity contribution in [1.82, 2.24) is 20.0 Å². The van der Waals surface area contributed by atoms with Crippen molar-refractivity contribution in [3.05, 3.63) is 59.7 Å². The molecule has 0 aliphatic rings. The quantitative estimate of drug-likeness (QED) is 0.452. The first-order chi connectivity index (χ1) is 14.1. The lowest BCUT2D eigenvalue weighted by Gasteiger charge is -2.22. The van der Waals surface area contributed by atoms with E-state index in [1.54, 1.807) is 25.1 Å². The van der Waals surface area contributed by atoms with Gasteiger partial charge in [0.2, 0.25) is 15.9 Å². The van der Waals surface area contributed by atoms with E-state index in [2.05, 4.69) is 20.0 Å². The van der Waals surface area contributed by atoms with Gasteiger partial charge in [0.1, 0.15) is 17.4 Å². The Labute approximate surface area is 173 Å². The highest BCUT2D eigenvalue weighted by molar-refractivity contribution is 7.89. The topological polar surface area (TPSA) is 124 Å². The molecule has 0 bridgehead atoms. The van der Waals surface area contributed by atoms with Crippen LogP contribution in [0.15, 0.2) is 47.4 Å². The number of hydrogen-bond acceptors (Lipinski definition) is 5. The number of carbonyl (C=O) groups is 1. The standard InChI is InChI=1S/C20H23FN4O4S/c1-11-7-9-14(10-8-11)30(28,29)25-17(13(3)26)20(27)22-12(2)19-23-16-6-4-5-15(21)18(16)24-19/h4-10,12-13,17,25-26H,1-3H3,(H,22,27)(H,23,24)/t12-,13+,17?/m0/s1. The number of aryl methyl sites for hydroxylation is 1. The van der Waals surface area contributed by atoms with Gasteiger partial charge in [-0.15, -0.1) is 0 Å². The molecule has 0 spiro atoms. The number of nitrogens with zero attached hydrogens (tertiary/aromatic N) is 1. The molecule has 0 radical (unpaired) electrons. The number of aromatic nitrogens is 2. The predicted octanol–water partition coefficient (Wildman–Crippen LogP) is 1.92. The Morgan fingerprint density at radius 2 is 1.83 bits per heavy atom. The summed E-state index contributed by atoms with van der Waals surface area (Å²) in [6, 6.07) is 8.45. The first-order valence-electron chi connectivity index (χ1n) is 9.30. The third-order valence-corrected chi connectivity index (χ3v) is 6.09. The first kappa shape index (κ1) is 21.9. The van der Waals surface area contributed by atoms with Crippen LogP contribution in [0.25, 0.3) is 11.0 Å². The van der Waals surface area contributed by atoms with Crippen LogP contribution in [0.5, 0.6) is 0 Å². The van der Waals surface area contributed by atoms with Crippen LogP contribution in [0.3, 0.4) is 0 Å². The van der Waals surface area contributed by atoms with E-state index in [-0.39, 0.29) is 10.4 Å². The Bertz CT molecular complexity index is 1160. The van der Waals surface area contributed by atoms with E-state index in [0.717, 1.165) is 5.56 Å². The molecule has 0 saturated heterocycles. The van der Waals surface area contributed by atoms with Crippen molar-refractivity contribution in [1.29, 1.82) is 0 Å².